The first-order valence-electron chi connectivity index (χ1n) is 7.52. The fraction of sp³-hybridized carbons (Fsp3) is 0.467. The minimum Gasteiger partial charge on any atom is -0.467 e. The number of nitro groups is 1. The Morgan fingerprint density at radius 3 is 3.00 bits per heavy atom. The van der Waals surface area contributed by atoms with Gasteiger partial charge in [-0.2, -0.15) is 5.10 Å². The van der Waals surface area contributed by atoms with E-state index >= 15 is 0 Å². The van der Waals surface area contributed by atoms with Crippen molar-refractivity contribution in [1.29, 1.82) is 0 Å². The molecule has 1 aliphatic rings. The van der Waals surface area contributed by atoms with Gasteiger partial charge in [-0.15, -0.1) is 0 Å². The molecule has 1 aliphatic heterocycles. The number of H-pyrrole nitrogens is 1. The summed E-state index contributed by atoms with van der Waals surface area (Å²) in [4.78, 5) is 25.1. The molecular weight excluding hydrogens is 300 g/mol. The van der Waals surface area contributed by atoms with E-state index in [0.717, 1.165) is 12.8 Å². The lowest BCUT2D eigenvalue weighted by Gasteiger charge is -2.36. The number of nitrogens with one attached hydrogen (secondary N) is 1. The Kier molecular flexibility index (Phi) is 3.89. The van der Waals surface area contributed by atoms with Crippen molar-refractivity contribution in [2.24, 2.45) is 5.92 Å². The molecule has 3 rings (SSSR count). The van der Waals surface area contributed by atoms with Crippen LogP contribution in [0.5, 0.6) is 0 Å². The van der Waals surface area contributed by atoms with Crippen LogP contribution in [-0.2, 0) is 0 Å². The first-order chi connectivity index (χ1) is 11.0. The Morgan fingerprint density at radius 1 is 1.57 bits per heavy atom. The molecule has 0 saturated carbocycles. The van der Waals surface area contributed by atoms with Gasteiger partial charge in [-0.1, -0.05) is 6.92 Å². The average Bonchev–Trinajstić information content (AvgIpc) is 3.15. The van der Waals surface area contributed by atoms with Crippen molar-refractivity contribution in [3.8, 4) is 0 Å². The van der Waals surface area contributed by atoms with Crippen LogP contribution in [0.4, 0.5) is 5.69 Å². The molecule has 0 aliphatic carbocycles. The number of amides is 1. The van der Waals surface area contributed by atoms with Crippen molar-refractivity contribution in [3.05, 3.63) is 45.7 Å². The van der Waals surface area contributed by atoms with Gasteiger partial charge in [0.15, 0.2) is 0 Å². The molecule has 0 spiro atoms. The number of hydrogen-bond acceptors (Lipinski definition) is 5. The summed E-state index contributed by atoms with van der Waals surface area (Å²) >= 11 is 0. The van der Waals surface area contributed by atoms with Crippen LogP contribution in [0.2, 0.25) is 0 Å². The molecule has 3 heterocycles. The molecule has 1 saturated heterocycles. The number of furan rings is 1. The second kappa shape index (κ2) is 5.86. The van der Waals surface area contributed by atoms with E-state index in [0.29, 0.717) is 18.2 Å². The smallest absolute Gasteiger partial charge is 0.322 e. The Morgan fingerprint density at radius 2 is 2.35 bits per heavy atom. The van der Waals surface area contributed by atoms with E-state index in [-0.39, 0.29) is 23.1 Å². The summed E-state index contributed by atoms with van der Waals surface area (Å²) in [6.07, 6.45) is 3.18. The van der Waals surface area contributed by atoms with E-state index in [9.17, 15) is 14.9 Å². The summed E-state index contributed by atoms with van der Waals surface area (Å²) < 4.78 is 5.46. The minimum absolute atomic E-state index is 0.140. The van der Waals surface area contributed by atoms with Gasteiger partial charge >= 0.3 is 5.69 Å². The highest BCUT2D eigenvalue weighted by molar-refractivity contribution is 5.96. The summed E-state index contributed by atoms with van der Waals surface area (Å²) in [5.41, 5.74) is -0.122. The summed E-state index contributed by atoms with van der Waals surface area (Å²) in [5, 5.41) is 17.6. The molecule has 1 N–H and O–H groups in total. The lowest BCUT2D eigenvalue weighted by molar-refractivity contribution is -0.385. The molecule has 0 unspecified atom stereocenters. The van der Waals surface area contributed by atoms with Crippen molar-refractivity contribution in [1.82, 2.24) is 15.1 Å². The van der Waals surface area contributed by atoms with Gasteiger partial charge in [0.25, 0.3) is 5.91 Å². The van der Waals surface area contributed by atoms with E-state index in [1.54, 1.807) is 17.2 Å². The number of hydrogen-bond donors (Lipinski definition) is 1. The number of likely N-dealkylation sites (tertiary alicyclic amines) is 1. The fourth-order valence-electron chi connectivity index (χ4n) is 3.07. The van der Waals surface area contributed by atoms with Crippen LogP contribution < -0.4 is 0 Å². The van der Waals surface area contributed by atoms with Crippen LogP contribution in [0.15, 0.2) is 22.8 Å². The lowest BCUT2D eigenvalue weighted by atomic mass is 9.90. The highest BCUT2D eigenvalue weighted by atomic mass is 16.6. The molecule has 8 heteroatoms. The van der Waals surface area contributed by atoms with Crippen molar-refractivity contribution in [2.45, 2.75) is 32.7 Å². The maximum Gasteiger partial charge on any atom is 0.322 e. The quantitative estimate of drug-likeness (QED) is 0.692. The maximum atomic E-state index is 12.8. The summed E-state index contributed by atoms with van der Waals surface area (Å²) in [6, 6.07) is 3.38. The first kappa shape index (κ1) is 15.3. The van der Waals surface area contributed by atoms with Gasteiger partial charge in [-0.25, -0.2) is 0 Å². The van der Waals surface area contributed by atoms with Gasteiger partial charge < -0.3 is 9.32 Å². The number of aromatic nitrogens is 2. The van der Waals surface area contributed by atoms with Gasteiger partial charge in [0.2, 0.25) is 5.69 Å². The van der Waals surface area contributed by atoms with Crippen LogP contribution in [0.25, 0.3) is 0 Å². The summed E-state index contributed by atoms with van der Waals surface area (Å²) in [7, 11) is 0. The topological polar surface area (TPSA) is 105 Å². The van der Waals surface area contributed by atoms with E-state index in [2.05, 4.69) is 17.1 Å². The molecule has 0 radical (unpaired) electrons. The molecule has 122 valence electrons. The number of nitrogens with zero attached hydrogens (tertiary/aromatic N) is 3. The summed E-state index contributed by atoms with van der Waals surface area (Å²) in [5.74, 6) is 0.708. The summed E-state index contributed by atoms with van der Waals surface area (Å²) in [6.45, 7) is 4.18. The number of rotatable bonds is 3. The van der Waals surface area contributed by atoms with Crippen molar-refractivity contribution in [2.75, 3.05) is 6.54 Å². The third-order valence-corrected chi connectivity index (χ3v) is 4.30. The van der Waals surface area contributed by atoms with Crippen LogP contribution in [0.3, 0.4) is 0 Å². The lowest BCUT2D eigenvalue weighted by Crippen LogP contribution is -2.40. The standard InChI is InChI=1S/C15H18N4O4/c1-9-5-6-18(11(8-9)12-4-3-7-23-12)15(20)13-14(19(21)22)10(2)16-17-13/h3-4,7,9,11H,5-6,8H2,1-2H3,(H,16,17)/t9-,11-/m1/s1. The number of carbonyl (C=O) groups is 1. The maximum absolute atomic E-state index is 12.8. The van der Waals surface area contributed by atoms with Gasteiger partial charge in [0.05, 0.1) is 17.2 Å². The normalized spacial score (nSPS) is 21.4. The number of aryl methyl sites for hydroxylation is 1. The van der Waals surface area contributed by atoms with E-state index < -0.39 is 10.8 Å². The monoisotopic (exact) mass is 318 g/mol. The second-order valence-electron chi connectivity index (χ2n) is 5.96. The zero-order chi connectivity index (χ0) is 16.6. The van der Waals surface area contributed by atoms with Crippen LogP contribution in [0, 0.1) is 23.0 Å². The second-order valence-corrected chi connectivity index (χ2v) is 5.96. The van der Waals surface area contributed by atoms with Gasteiger partial charge in [-0.05, 0) is 37.8 Å². The Bertz CT molecular complexity index is 722. The highest BCUT2D eigenvalue weighted by Crippen LogP contribution is 2.36. The molecule has 0 aromatic carbocycles. The van der Waals surface area contributed by atoms with E-state index in [1.807, 2.05) is 6.07 Å². The van der Waals surface area contributed by atoms with Crippen molar-refractivity contribution < 1.29 is 14.1 Å². The molecule has 8 nitrogen and oxygen atoms in total. The van der Waals surface area contributed by atoms with E-state index in [4.69, 9.17) is 4.42 Å². The number of piperidine rings is 1. The van der Waals surface area contributed by atoms with Crippen LogP contribution in [-0.4, -0.2) is 32.5 Å². The molecule has 2 atom stereocenters. The fourth-order valence-corrected chi connectivity index (χ4v) is 3.07. The van der Waals surface area contributed by atoms with Crippen molar-refractivity contribution >= 4 is 11.6 Å². The van der Waals surface area contributed by atoms with E-state index in [1.165, 1.54) is 6.92 Å². The predicted octanol–water partition coefficient (Wildman–Crippen LogP) is 2.83. The zero-order valence-corrected chi connectivity index (χ0v) is 13.0. The number of aromatic amines is 1. The molecule has 0 bridgehead atoms. The van der Waals surface area contributed by atoms with Gasteiger partial charge in [0.1, 0.15) is 11.5 Å². The average molecular weight is 318 g/mol. The van der Waals surface area contributed by atoms with Crippen molar-refractivity contribution in [3.63, 3.8) is 0 Å². The SMILES string of the molecule is Cc1[nH]nc(C(=O)N2CC[C@@H](C)C[C@@H]2c2ccco2)c1[N+](=O)[O-]. The largest absolute Gasteiger partial charge is 0.467 e. The zero-order valence-electron chi connectivity index (χ0n) is 13.0. The molecular formula is C15H18N4O4. The molecule has 2 aromatic heterocycles. The molecule has 1 amide bonds. The van der Waals surface area contributed by atoms with Gasteiger partial charge in [-0.3, -0.25) is 20.0 Å². The highest BCUT2D eigenvalue weighted by Gasteiger charge is 2.37. The predicted molar refractivity (Wildman–Crippen MR) is 80.9 cm³/mol. The number of carbonyl (C=O) groups excluding carboxylic acids is 1. The van der Waals surface area contributed by atoms with Gasteiger partial charge in [0, 0.05) is 6.54 Å². The van der Waals surface area contributed by atoms with Crippen LogP contribution >= 0.6 is 0 Å². The first-order valence-corrected chi connectivity index (χ1v) is 7.52. The minimum atomic E-state index is -0.569. The Hall–Kier alpha value is -2.64. The molecule has 23 heavy (non-hydrogen) atoms. The molecule has 2 aromatic rings. The third kappa shape index (κ3) is 2.71. The Balaban J connectivity index is 1.95. The Labute approximate surface area is 132 Å². The third-order valence-electron chi connectivity index (χ3n) is 4.30. The molecule has 1 fully saturated rings. The van der Waals surface area contributed by atoms with Crippen LogP contribution in [0.1, 0.15) is 47.7 Å².